The Labute approximate surface area is 139 Å². The fourth-order valence-corrected chi connectivity index (χ4v) is 1.84. The third-order valence-corrected chi connectivity index (χ3v) is 3.08. The highest BCUT2D eigenvalue weighted by Crippen LogP contribution is 2.13. The summed E-state index contributed by atoms with van der Waals surface area (Å²) in [6.45, 7) is 10.7. The minimum Gasteiger partial charge on any atom is -0.491 e. The lowest BCUT2D eigenvalue weighted by atomic mass is 10.2. The van der Waals surface area contributed by atoms with Crippen LogP contribution in [0, 0.1) is 0 Å². The highest BCUT2D eigenvalue weighted by Gasteiger charge is 2.06. The smallest absolute Gasteiger partial charge is 0.119 e. The molecule has 0 saturated heterocycles. The van der Waals surface area contributed by atoms with Crippen molar-refractivity contribution < 1.29 is 19.3 Å². The lowest BCUT2D eigenvalue weighted by molar-refractivity contribution is 0.0143. The molecule has 0 radical (unpaired) electrons. The number of aliphatic hydroxyl groups excluding tert-OH is 1. The summed E-state index contributed by atoms with van der Waals surface area (Å²) >= 11 is 0. The van der Waals surface area contributed by atoms with Crippen molar-refractivity contribution >= 4 is 0 Å². The van der Waals surface area contributed by atoms with Crippen LogP contribution in [0.25, 0.3) is 0 Å². The number of hydrogen-bond donors (Lipinski definition) is 2. The summed E-state index contributed by atoms with van der Waals surface area (Å²) in [5.41, 5.74) is 1.09. The first-order valence-corrected chi connectivity index (χ1v) is 8.30. The van der Waals surface area contributed by atoms with E-state index in [1.165, 1.54) is 0 Å². The number of ether oxygens (including phenoxy) is 3. The third kappa shape index (κ3) is 10.3. The maximum Gasteiger partial charge on any atom is 0.119 e. The predicted molar refractivity (Wildman–Crippen MR) is 91.8 cm³/mol. The fourth-order valence-electron chi connectivity index (χ4n) is 1.84. The highest BCUT2D eigenvalue weighted by atomic mass is 16.5. The predicted octanol–water partition coefficient (Wildman–Crippen LogP) is 2.37. The molecule has 1 atom stereocenters. The molecule has 1 aromatic rings. The molecule has 0 unspecified atom stereocenters. The van der Waals surface area contributed by atoms with Gasteiger partial charge in [0.1, 0.15) is 18.5 Å². The minimum absolute atomic E-state index is 0.237. The molecular weight excluding hydrogens is 294 g/mol. The second kappa shape index (κ2) is 11.4. The summed E-state index contributed by atoms with van der Waals surface area (Å²) in [5.74, 6) is 0.750. The number of hydrogen-bond acceptors (Lipinski definition) is 5. The van der Waals surface area contributed by atoms with Crippen LogP contribution in [-0.4, -0.2) is 49.7 Å². The number of nitrogens with one attached hydrogen (secondary N) is 1. The summed E-state index contributed by atoms with van der Waals surface area (Å²) in [5, 5.41) is 13.0. The van der Waals surface area contributed by atoms with Crippen LogP contribution in [0.1, 0.15) is 33.3 Å². The van der Waals surface area contributed by atoms with Gasteiger partial charge in [0.2, 0.25) is 0 Å². The van der Waals surface area contributed by atoms with Gasteiger partial charge in [0.05, 0.1) is 25.9 Å². The molecule has 132 valence electrons. The van der Waals surface area contributed by atoms with Gasteiger partial charge in [-0.1, -0.05) is 26.0 Å². The zero-order valence-electron chi connectivity index (χ0n) is 14.7. The van der Waals surface area contributed by atoms with Gasteiger partial charge in [-0.3, -0.25) is 0 Å². The van der Waals surface area contributed by atoms with Crippen LogP contribution >= 0.6 is 0 Å². The molecule has 1 rings (SSSR count). The van der Waals surface area contributed by atoms with E-state index < -0.39 is 6.10 Å². The van der Waals surface area contributed by atoms with Crippen molar-refractivity contribution in [2.24, 2.45) is 0 Å². The number of aliphatic hydroxyl groups is 1. The monoisotopic (exact) mass is 325 g/mol. The molecule has 0 amide bonds. The Balaban J connectivity index is 2.20. The lowest BCUT2D eigenvalue weighted by Crippen LogP contribution is -2.35. The molecule has 5 heteroatoms. The molecule has 0 fully saturated rings. The Morgan fingerprint density at radius 2 is 1.74 bits per heavy atom. The van der Waals surface area contributed by atoms with E-state index in [0.29, 0.717) is 32.4 Å². The first-order valence-electron chi connectivity index (χ1n) is 8.30. The molecule has 0 aliphatic rings. The van der Waals surface area contributed by atoms with Crippen molar-refractivity contribution in [2.75, 3.05) is 26.4 Å². The Hall–Kier alpha value is -1.14. The Bertz CT molecular complexity index is 406. The lowest BCUT2D eigenvalue weighted by Gasteiger charge is -2.15. The van der Waals surface area contributed by atoms with Gasteiger partial charge in [-0.15, -0.1) is 0 Å². The topological polar surface area (TPSA) is 60.0 Å². The normalized spacial score (nSPS) is 12.8. The molecule has 23 heavy (non-hydrogen) atoms. The third-order valence-electron chi connectivity index (χ3n) is 3.08. The van der Waals surface area contributed by atoms with E-state index in [-0.39, 0.29) is 12.7 Å². The molecule has 0 aliphatic heterocycles. The van der Waals surface area contributed by atoms with Crippen molar-refractivity contribution in [3.8, 4) is 5.75 Å². The summed E-state index contributed by atoms with van der Waals surface area (Å²) in [4.78, 5) is 0. The summed E-state index contributed by atoms with van der Waals surface area (Å²) in [6, 6.07) is 8.09. The van der Waals surface area contributed by atoms with Crippen molar-refractivity contribution in [3.05, 3.63) is 29.8 Å². The highest BCUT2D eigenvalue weighted by molar-refractivity contribution is 5.26. The van der Waals surface area contributed by atoms with E-state index in [2.05, 4.69) is 5.32 Å². The van der Waals surface area contributed by atoms with Gasteiger partial charge < -0.3 is 24.6 Å². The zero-order chi connectivity index (χ0) is 17.1. The quantitative estimate of drug-likeness (QED) is 0.578. The average Bonchev–Trinajstić information content (AvgIpc) is 2.51. The minimum atomic E-state index is -0.513. The first-order chi connectivity index (χ1) is 11.0. The van der Waals surface area contributed by atoms with E-state index in [1.54, 1.807) is 0 Å². The van der Waals surface area contributed by atoms with Crippen LogP contribution in [0.5, 0.6) is 5.75 Å². The zero-order valence-corrected chi connectivity index (χ0v) is 14.7. The first kappa shape index (κ1) is 19.9. The van der Waals surface area contributed by atoms with Crippen molar-refractivity contribution in [1.82, 2.24) is 5.32 Å². The molecule has 2 N–H and O–H groups in total. The van der Waals surface area contributed by atoms with Crippen molar-refractivity contribution in [2.45, 2.75) is 52.6 Å². The molecule has 5 nitrogen and oxygen atoms in total. The standard InChI is InChI=1S/C18H31NO4/c1-14(2)19-11-17(20)13-23-18-7-5-16(6-8-18)12-21-9-10-22-15(3)4/h5-8,14-15,17,19-20H,9-13H2,1-4H3/t17-/m1/s1. The molecule has 0 aromatic heterocycles. The van der Waals surface area contributed by atoms with Crippen molar-refractivity contribution in [1.29, 1.82) is 0 Å². The molecule has 0 heterocycles. The van der Waals surface area contributed by atoms with Crippen LogP contribution in [0.4, 0.5) is 0 Å². The van der Waals surface area contributed by atoms with Gasteiger partial charge in [-0.2, -0.15) is 0 Å². The average molecular weight is 325 g/mol. The summed E-state index contributed by atoms with van der Waals surface area (Å²) < 4.78 is 16.5. The second-order valence-corrected chi connectivity index (χ2v) is 6.14. The van der Waals surface area contributed by atoms with E-state index in [4.69, 9.17) is 14.2 Å². The Morgan fingerprint density at radius 1 is 1.04 bits per heavy atom. The second-order valence-electron chi connectivity index (χ2n) is 6.14. The molecule has 0 bridgehead atoms. The van der Waals surface area contributed by atoms with Crippen molar-refractivity contribution in [3.63, 3.8) is 0 Å². The van der Waals surface area contributed by atoms with Gasteiger partial charge >= 0.3 is 0 Å². The maximum absolute atomic E-state index is 9.80. The molecule has 0 aliphatic carbocycles. The summed E-state index contributed by atoms with van der Waals surface area (Å²) in [7, 11) is 0. The fraction of sp³-hybridized carbons (Fsp3) is 0.667. The number of benzene rings is 1. The van der Waals surface area contributed by atoms with Crippen LogP contribution < -0.4 is 10.1 Å². The molecule has 0 saturated carbocycles. The van der Waals surface area contributed by atoms with Gasteiger partial charge in [0.25, 0.3) is 0 Å². The van der Waals surface area contributed by atoms with Crippen LogP contribution in [0.2, 0.25) is 0 Å². The van der Waals surface area contributed by atoms with Crippen LogP contribution in [-0.2, 0) is 16.1 Å². The number of rotatable bonds is 12. The van der Waals surface area contributed by atoms with Gasteiger partial charge in [-0.25, -0.2) is 0 Å². The van der Waals surface area contributed by atoms with E-state index in [9.17, 15) is 5.11 Å². The van der Waals surface area contributed by atoms with Gasteiger partial charge in [0, 0.05) is 12.6 Å². The van der Waals surface area contributed by atoms with Gasteiger partial charge in [0.15, 0.2) is 0 Å². The summed E-state index contributed by atoms with van der Waals surface area (Å²) in [6.07, 6.45) is -0.275. The molecule has 0 spiro atoms. The largest absolute Gasteiger partial charge is 0.491 e. The van der Waals surface area contributed by atoms with Crippen LogP contribution in [0.15, 0.2) is 24.3 Å². The van der Waals surface area contributed by atoms with E-state index in [1.807, 2.05) is 52.0 Å². The Morgan fingerprint density at radius 3 is 2.35 bits per heavy atom. The van der Waals surface area contributed by atoms with Gasteiger partial charge in [-0.05, 0) is 31.5 Å². The SMILES string of the molecule is CC(C)NC[C@@H](O)COc1ccc(COCCOC(C)C)cc1. The van der Waals surface area contributed by atoms with Crippen LogP contribution in [0.3, 0.4) is 0 Å². The maximum atomic E-state index is 9.80. The van der Waals surface area contributed by atoms with E-state index in [0.717, 1.165) is 11.3 Å². The Kier molecular flexibility index (Phi) is 9.87. The van der Waals surface area contributed by atoms with E-state index >= 15 is 0 Å². The molecule has 1 aromatic carbocycles. The molecular formula is C18H31NO4.